The third-order valence-corrected chi connectivity index (χ3v) is 3.54. The molecule has 18 heavy (non-hydrogen) atoms. The first-order chi connectivity index (χ1) is 8.81. The predicted molar refractivity (Wildman–Crippen MR) is 76.0 cm³/mol. The minimum atomic E-state index is 0.599. The molecule has 1 aliphatic heterocycles. The van der Waals surface area contributed by atoms with Crippen molar-refractivity contribution < 1.29 is 0 Å². The zero-order valence-electron chi connectivity index (χ0n) is 10.7. The largest absolute Gasteiger partial charge is 0.382 e. The van der Waals surface area contributed by atoms with E-state index in [2.05, 4.69) is 45.9 Å². The molecule has 0 radical (unpaired) electrons. The second-order valence-corrected chi connectivity index (χ2v) is 5.03. The maximum absolute atomic E-state index is 4.53. The van der Waals surface area contributed by atoms with Crippen molar-refractivity contribution in [3.63, 3.8) is 0 Å². The summed E-state index contributed by atoms with van der Waals surface area (Å²) in [5.74, 6) is 0. The molecular formula is C15H19N3. The summed E-state index contributed by atoms with van der Waals surface area (Å²) in [6.07, 6.45) is 2.40. The van der Waals surface area contributed by atoms with Crippen LogP contribution in [0.3, 0.4) is 0 Å². The number of aryl methyl sites for hydroxylation is 1. The quantitative estimate of drug-likeness (QED) is 0.849. The lowest BCUT2D eigenvalue weighted by molar-refractivity contribution is 0.479. The molecule has 2 heterocycles. The van der Waals surface area contributed by atoms with Crippen LogP contribution in [0.4, 0.5) is 5.69 Å². The van der Waals surface area contributed by atoms with E-state index in [0.717, 1.165) is 24.3 Å². The highest BCUT2D eigenvalue weighted by molar-refractivity contribution is 5.82. The number of piperidine rings is 1. The fourth-order valence-electron chi connectivity index (χ4n) is 2.52. The highest BCUT2D eigenvalue weighted by atomic mass is 15.0. The van der Waals surface area contributed by atoms with Crippen LogP contribution < -0.4 is 10.6 Å². The summed E-state index contributed by atoms with van der Waals surface area (Å²) in [5.41, 5.74) is 3.35. The zero-order valence-corrected chi connectivity index (χ0v) is 10.7. The molecule has 3 heteroatoms. The molecule has 0 saturated carbocycles. The van der Waals surface area contributed by atoms with Crippen molar-refractivity contribution in [2.45, 2.75) is 25.8 Å². The fourth-order valence-corrected chi connectivity index (χ4v) is 2.52. The van der Waals surface area contributed by atoms with E-state index in [-0.39, 0.29) is 0 Å². The van der Waals surface area contributed by atoms with Crippen molar-refractivity contribution in [2.24, 2.45) is 0 Å². The summed E-state index contributed by atoms with van der Waals surface area (Å²) in [6.45, 7) is 4.26. The summed E-state index contributed by atoms with van der Waals surface area (Å²) in [7, 11) is 0. The Labute approximate surface area is 108 Å². The van der Waals surface area contributed by atoms with Crippen molar-refractivity contribution in [3.8, 4) is 0 Å². The van der Waals surface area contributed by atoms with Gasteiger partial charge in [-0.05, 0) is 57.1 Å². The summed E-state index contributed by atoms with van der Waals surface area (Å²) in [5, 5.41) is 8.21. The monoisotopic (exact) mass is 241 g/mol. The van der Waals surface area contributed by atoms with Crippen molar-refractivity contribution in [1.82, 2.24) is 10.3 Å². The van der Waals surface area contributed by atoms with Gasteiger partial charge in [0.05, 0.1) is 5.52 Å². The van der Waals surface area contributed by atoms with Gasteiger partial charge in [0.25, 0.3) is 0 Å². The summed E-state index contributed by atoms with van der Waals surface area (Å²) in [4.78, 5) is 4.53. The van der Waals surface area contributed by atoms with Crippen molar-refractivity contribution in [1.29, 1.82) is 0 Å². The van der Waals surface area contributed by atoms with Gasteiger partial charge in [-0.1, -0.05) is 6.07 Å². The SMILES string of the molecule is Cc1ccc2cc(NC3CCNCC3)ccc2n1. The van der Waals surface area contributed by atoms with Gasteiger partial charge < -0.3 is 10.6 Å². The maximum atomic E-state index is 4.53. The van der Waals surface area contributed by atoms with E-state index in [1.807, 2.05) is 6.92 Å². The normalized spacial score (nSPS) is 16.9. The Morgan fingerprint density at radius 3 is 2.83 bits per heavy atom. The molecule has 1 aromatic heterocycles. The van der Waals surface area contributed by atoms with Crippen molar-refractivity contribution in [3.05, 3.63) is 36.0 Å². The van der Waals surface area contributed by atoms with Crippen LogP contribution in [0.15, 0.2) is 30.3 Å². The molecule has 2 aromatic rings. The van der Waals surface area contributed by atoms with Gasteiger partial charge in [-0.15, -0.1) is 0 Å². The molecule has 1 aliphatic rings. The number of pyridine rings is 1. The van der Waals surface area contributed by atoms with Crippen LogP contribution in [-0.4, -0.2) is 24.1 Å². The molecule has 3 nitrogen and oxygen atoms in total. The molecule has 0 unspecified atom stereocenters. The first-order valence-corrected chi connectivity index (χ1v) is 6.66. The molecule has 0 aliphatic carbocycles. The third-order valence-electron chi connectivity index (χ3n) is 3.54. The highest BCUT2D eigenvalue weighted by Gasteiger charge is 2.12. The lowest BCUT2D eigenvalue weighted by Crippen LogP contribution is -2.35. The fraction of sp³-hybridized carbons (Fsp3) is 0.400. The number of aromatic nitrogens is 1. The number of nitrogens with zero attached hydrogens (tertiary/aromatic N) is 1. The van der Waals surface area contributed by atoms with Gasteiger partial charge >= 0.3 is 0 Å². The van der Waals surface area contributed by atoms with Gasteiger partial charge in [0, 0.05) is 22.8 Å². The Balaban J connectivity index is 1.82. The highest BCUT2D eigenvalue weighted by Crippen LogP contribution is 2.20. The van der Waals surface area contributed by atoms with Gasteiger partial charge in [0.2, 0.25) is 0 Å². The topological polar surface area (TPSA) is 37.0 Å². The van der Waals surface area contributed by atoms with Crippen molar-refractivity contribution >= 4 is 16.6 Å². The lowest BCUT2D eigenvalue weighted by Gasteiger charge is -2.24. The van der Waals surface area contributed by atoms with Gasteiger partial charge in [-0.25, -0.2) is 0 Å². The number of rotatable bonds is 2. The second-order valence-electron chi connectivity index (χ2n) is 5.03. The first kappa shape index (κ1) is 11.5. The van der Waals surface area contributed by atoms with E-state index in [9.17, 15) is 0 Å². The molecule has 1 aromatic carbocycles. The molecular weight excluding hydrogens is 222 g/mol. The average Bonchev–Trinajstić information content (AvgIpc) is 2.40. The third kappa shape index (κ3) is 2.46. The molecule has 1 fully saturated rings. The Kier molecular flexibility index (Phi) is 3.15. The van der Waals surface area contributed by atoms with Crippen LogP contribution in [0.2, 0.25) is 0 Å². The van der Waals surface area contributed by atoms with Crippen LogP contribution in [0.5, 0.6) is 0 Å². The van der Waals surface area contributed by atoms with E-state index < -0.39 is 0 Å². The number of fused-ring (bicyclic) bond motifs is 1. The van der Waals surface area contributed by atoms with Gasteiger partial charge in [-0.3, -0.25) is 4.98 Å². The van der Waals surface area contributed by atoms with E-state index in [1.54, 1.807) is 0 Å². The van der Waals surface area contributed by atoms with Gasteiger partial charge in [0.1, 0.15) is 0 Å². The van der Waals surface area contributed by atoms with Crippen LogP contribution >= 0.6 is 0 Å². The standard InChI is InChI=1S/C15H19N3/c1-11-2-3-12-10-14(4-5-15(12)17-11)18-13-6-8-16-9-7-13/h2-5,10,13,16,18H,6-9H2,1H3. The van der Waals surface area contributed by atoms with Crippen LogP contribution in [0, 0.1) is 6.92 Å². The Morgan fingerprint density at radius 2 is 2.00 bits per heavy atom. The Hall–Kier alpha value is -1.61. The molecule has 94 valence electrons. The number of anilines is 1. The minimum Gasteiger partial charge on any atom is -0.382 e. The molecule has 0 spiro atoms. The predicted octanol–water partition coefficient (Wildman–Crippen LogP) is 2.71. The smallest absolute Gasteiger partial charge is 0.0706 e. The average molecular weight is 241 g/mol. The van der Waals surface area contributed by atoms with Gasteiger partial charge in [-0.2, -0.15) is 0 Å². The van der Waals surface area contributed by atoms with Crippen LogP contribution in [-0.2, 0) is 0 Å². The first-order valence-electron chi connectivity index (χ1n) is 6.66. The maximum Gasteiger partial charge on any atom is 0.0706 e. The van der Waals surface area contributed by atoms with E-state index in [1.165, 1.54) is 23.9 Å². The molecule has 0 bridgehead atoms. The van der Waals surface area contributed by atoms with Crippen molar-refractivity contribution in [2.75, 3.05) is 18.4 Å². The molecule has 2 N–H and O–H groups in total. The molecule has 0 atom stereocenters. The molecule has 0 amide bonds. The van der Waals surface area contributed by atoms with Gasteiger partial charge in [0.15, 0.2) is 0 Å². The summed E-state index contributed by atoms with van der Waals surface area (Å²) in [6, 6.07) is 11.2. The Bertz CT molecular complexity index is 544. The number of hydrogen-bond donors (Lipinski definition) is 2. The lowest BCUT2D eigenvalue weighted by atomic mass is 10.1. The van der Waals surface area contributed by atoms with E-state index in [0.29, 0.717) is 6.04 Å². The Morgan fingerprint density at radius 1 is 1.17 bits per heavy atom. The molecule has 3 rings (SSSR count). The summed E-state index contributed by atoms with van der Waals surface area (Å²) >= 11 is 0. The van der Waals surface area contributed by atoms with Crippen LogP contribution in [0.1, 0.15) is 18.5 Å². The minimum absolute atomic E-state index is 0.599. The number of nitrogens with one attached hydrogen (secondary N) is 2. The van der Waals surface area contributed by atoms with E-state index >= 15 is 0 Å². The number of benzene rings is 1. The molecule has 1 saturated heterocycles. The second kappa shape index (κ2) is 4.94. The van der Waals surface area contributed by atoms with E-state index in [4.69, 9.17) is 0 Å². The summed E-state index contributed by atoms with van der Waals surface area (Å²) < 4.78 is 0. The zero-order chi connectivity index (χ0) is 12.4. The van der Waals surface area contributed by atoms with Crippen LogP contribution in [0.25, 0.3) is 10.9 Å². The number of hydrogen-bond acceptors (Lipinski definition) is 3.